The van der Waals surface area contributed by atoms with Crippen molar-refractivity contribution in [2.75, 3.05) is 5.32 Å². The van der Waals surface area contributed by atoms with Crippen molar-refractivity contribution >= 4 is 34.1 Å². The van der Waals surface area contributed by atoms with E-state index in [1.165, 1.54) is 11.3 Å². The molecule has 0 spiro atoms. The highest BCUT2D eigenvalue weighted by atomic mass is 32.1. The molecule has 158 valence electrons. The van der Waals surface area contributed by atoms with Crippen molar-refractivity contribution in [1.82, 2.24) is 10.3 Å². The number of aryl methyl sites for hydroxylation is 1. The molecule has 0 radical (unpaired) electrons. The molecule has 3 rings (SSSR count). The van der Waals surface area contributed by atoms with E-state index in [9.17, 15) is 19.5 Å². The molecule has 0 fully saturated rings. The molecular weight excluding hydrogens is 402 g/mol. The summed E-state index contributed by atoms with van der Waals surface area (Å²) in [5.41, 5.74) is 2.22. The number of carboxylic acid groups (broad SMARTS) is 1. The van der Waals surface area contributed by atoms with Gasteiger partial charge in [0, 0.05) is 23.8 Å². The molecule has 2 unspecified atom stereocenters. The number of hydrogen-bond donors (Lipinski definition) is 3. The first-order chi connectivity index (χ1) is 14.4. The number of aliphatic carboxylic acids is 1. The maximum Gasteiger partial charge on any atom is 0.307 e. The molecular formula is C22H25N3O4S. The second kappa shape index (κ2) is 9.67. The molecule has 3 N–H and O–H groups in total. The van der Waals surface area contributed by atoms with Crippen molar-refractivity contribution in [2.24, 2.45) is 11.8 Å². The average Bonchev–Trinajstić information content (AvgIpc) is 3.07. The summed E-state index contributed by atoms with van der Waals surface area (Å²) in [6.07, 6.45) is 8.34. The molecule has 2 heterocycles. The van der Waals surface area contributed by atoms with Crippen LogP contribution in [0.5, 0.6) is 0 Å². The standard InChI is InChI=1S/C22H25N3O4S/c1-3-15-13(2)30-21(18(15)20(27)24-12-14-7-6-10-23-11-14)25-19(26)16-8-4-5-9-17(16)22(28)29/h4-7,10-11,16-17H,3,8-9,12H2,1-2H3,(H,24,27)(H,25,26)(H,28,29). The second-order valence-corrected chi connectivity index (χ2v) is 8.45. The summed E-state index contributed by atoms with van der Waals surface area (Å²) in [7, 11) is 0. The van der Waals surface area contributed by atoms with Crippen LogP contribution in [0.2, 0.25) is 0 Å². The van der Waals surface area contributed by atoms with Gasteiger partial charge >= 0.3 is 5.97 Å². The lowest BCUT2D eigenvalue weighted by Gasteiger charge is -2.24. The van der Waals surface area contributed by atoms with Crippen molar-refractivity contribution < 1.29 is 19.5 Å². The van der Waals surface area contributed by atoms with Gasteiger partial charge in [-0.05, 0) is 43.4 Å². The third-order valence-electron chi connectivity index (χ3n) is 5.29. The first-order valence-electron chi connectivity index (χ1n) is 9.90. The number of anilines is 1. The molecule has 0 aliphatic heterocycles. The summed E-state index contributed by atoms with van der Waals surface area (Å²) < 4.78 is 0. The highest BCUT2D eigenvalue weighted by Crippen LogP contribution is 2.35. The minimum atomic E-state index is -0.981. The number of rotatable bonds is 7. The van der Waals surface area contributed by atoms with Crippen molar-refractivity contribution in [2.45, 2.75) is 39.7 Å². The molecule has 8 heteroatoms. The van der Waals surface area contributed by atoms with Crippen LogP contribution in [-0.2, 0) is 22.6 Å². The Morgan fingerprint density at radius 1 is 1.23 bits per heavy atom. The van der Waals surface area contributed by atoms with Gasteiger partial charge in [-0.3, -0.25) is 19.4 Å². The Hall–Kier alpha value is -3.00. The van der Waals surface area contributed by atoms with Gasteiger partial charge in [0.1, 0.15) is 5.00 Å². The van der Waals surface area contributed by atoms with E-state index in [-0.39, 0.29) is 11.8 Å². The van der Waals surface area contributed by atoms with Gasteiger partial charge in [0.05, 0.1) is 17.4 Å². The number of allylic oxidation sites excluding steroid dienone is 2. The van der Waals surface area contributed by atoms with Crippen molar-refractivity contribution in [3.63, 3.8) is 0 Å². The minimum absolute atomic E-state index is 0.270. The maximum absolute atomic E-state index is 13.0. The van der Waals surface area contributed by atoms with E-state index in [0.29, 0.717) is 36.4 Å². The fourth-order valence-electron chi connectivity index (χ4n) is 3.69. The van der Waals surface area contributed by atoms with Crippen LogP contribution in [0, 0.1) is 18.8 Å². The fraction of sp³-hybridized carbons (Fsp3) is 0.364. The van der Waals surface area contributed by atoms with Crippen molar-refractivity contribution in [3.05, 3.63) is 58.2 Å². The van der Waals surface area contributed by atoms with Gasteiger partial charge in [0.2, 0.25) is 5.91 Å². The van der Waals surface area contributed by atoms with E-state index < -0.39 is 17.8 Å². The van der Waals surface area contributed by atoms with E-state index in [1.807, 2.05) is 26.0 Å². The number of nitrogens with zero attached hydrogens (tertiary/aromatic N) is 1. The van der Waals surface area contributed by atoms with Crippen LogP contribution in [0.1, 0.15) is 46.1 Å². The highest BCUT2D eigenvalue weighted by Gasteiger charge is 2.35. The Morgan fingerprint density at radius 3 is 2.60 bits per heavy atom. The number of nitrogens with one attached hydrogen (secondary N) is 2. The van der Waals surface area contributed by atoms with Gasteiger partial charge in [0.15, 0.2) is 0 Å². The topological polar surface area (TPSA) is 108 Å². The smallest absolute Gasteiger partial charge is 0.307 e. The van der Waals surface area contributed by atoms with Crippen molar-refractivity contribution in [1.29, 1.82) is 0 Å². The summed E-state index contributed by atoms with van der Waals surface area (Å²) in [4.78, 5) is 42.4. The number of amides is 2. The number of carbonyl (C=O) groups excluding carboxylic acids is 2. The Bertz CT molecular complexity index is 968. The first-order valence-corrected chi connectivity index (χ1v) is 10.7. The number of pyridine rings is 1. The molecule has 7 nitrogen and oxygen atoms in total. The normalized spacial score (nSPS) is 18.1. The molecule has 2 aromatic heterocycles. The lowest BCUT2D eigenvalue weighted by atomic mass is 9.82. The number of carboxylic acids is 1. The summed E-state index contributed by atoms with van der Waals surface area (Å²) in [5.74, 6) is -3.04. The van der Waals surface area contributed by atoms with Gasteiger partial charge in [-0.2, -0.15) is 0 Å². The Labute approximate surface area is 179 Å². The molecule has 0 aromatic carbocycles. The molecule has 0 saturated heterocycles. The average molecular weight is 428 g/mol. The van der Waals surface area contributed by atoms with Crippen LogP contribution in [0.4, 0.5) is 5.00 Å². The van der Waals surface area contributed by atoms with Crippen LogP contribution in [0.3, 0.4) is 0 Å². The molecule has 2 amide bonds. The highest BCUT2D eigenvalue weighted by molar-refractivity contribution is 7.16. The molecule has 1 aliphatic rings. The van der Waals surface area contributed by atoms with Gasteiger partial charge in [-0.15, -0.1) is 11.3 Å². The summed E-state index contributed by atoms with van der Waals surface area (Å²) in [5, 5.41) is 15.7. The molecule has 2 aromatic rings. The predicted molar refractivity (Wildman–Crippen MR) is 115 cm³/mol. The first kappa shape index (κ1) is 21.7. The number of carbonyl (C=O) groups is 3. The van der Waals surface area contributed by atoms with E-state index in [2.05, 4.69) is 15.6 Å². The lowest BCUT2D eigenvalue weighted by molar-refractivity contribution is -0.146. The third-order valence-corrected chi connectivity index (χ3v) is 6.35. The largest absolute Gasteiger partial charge is 0.481 e. The van der Waals surface area contributed by atoms with Crippen LogP contribution in [0.15, 0.2) is 36.7 Å². The molecule has 1 aliphatic carbocycles. The molecule has 0 bridgehead atoms. The van der Waals surface area contributed by atoms with Crippen LogP contribution in [0.25, 0.3) is 0 Å². The van der Waals surface area contributed by atoms with Gasteiger partial charge in [-0.25, -0.2) is 0 Å². The number of hydrogen-bond acceptors (Lipinski definition) is 5. The van der Waals surface area contributed by atoms with Crippen LogP contribution in [-0.4, -0.2) is 27.9 Å². The SMILES string of the molecule is CCc1c(C)sc(NC(=O)C2CC=CCC2C(=O)O)c1C(=O)NCc1cccnc1. The summed E-state index contributed by atoms with van der Waals surface area (Å²) >= 11 is 1.35. The predicted octanol–water partition coefficient (Wildman–Crippen LogP) is 3.55. The second-order valence-electron chi connectivity index (χ2n) is 7.22. The van der Waals surface area contributed by atoms with E-state index >= 15 is 0 Å². The lowest BCUT2D eigenvalue weighted by Crippen LogP contribution is -2.35. The van der Waals surface area contributed by atoms with Crippen molar-refractivity contribution in [3.8, 4) is 0 Å². The van der Waals surface area contributed by atoms with E-state index in [4.69, 9.17) is 0 Å². The minimum Gasteiger partial charge on any atom is -0.481 e. The Kier molecular flexibility index (Phi) is 6.99. The zero-order valence-corrected chi connectivity index (χ0v) is 17.8. The van der Waals surface area contributed by atoms with Gasteiger partial charge in [-0.1, -0.05) is 25.1 Å². The van der Waals surface area contributed by atoms with Gasteiger partial charge in [0.25, 0.3) is 5.91 Å². The third kappa shape index (κ3) is 4.76. The quantitative estimate of drug-likeness (QED) is 0.586. The molecule has 30 heavy (non-hydrogen) atoms. The zero-order chi connectivity index (χ0) is 21.7. The van der Waals surface area contributed by atoms with E-state index in [1.54, 1.807) is 24.5 Å². The number of aromatic nitrogens is 1. The molecule has 2 atom stereocenters. The number of thiophene rings is 1. The van der Waals surface area contributed by atoms with Gasteiger partial charge < -0.3 is 15.7 Å². The van der Waals surface area contributed by atoms with E-state index in [0.717, 1.165) is 16.0 Å². The monoisotopic (exact) mass is 427 g/mol. The fourth-order valence-corrected chi connectivity index (χ4v) is 4.83. The Balaban J connectivity index is 1.81. The molecule has 0 saturated carbocycles. The maximum atomic E-state index is 13.0. The van der Waals surface area contributed by atoms with Crippen LogP contribution >= 0.6 is 11.3 Å². The van der Waals surface area contributed by atoms with Crippen LogP contribution < -0.4 is 10.6 Å². The Morgan fingerprint density at radius 2 is 1.97 bits per heavy atom. The summed E-state index contributed by atoms with van der Waals surface area (Å²) in [6, 6.07) is 3.68. The summed E-state index contributed by atoms with van der Waals surface area (Å²) in [6.45, 7) is 4.21. The zero-order valence-electron chi connectivity index (χ0n) is 17.0.